The summed E-state index contributed by atoms with van der Waals surface area (Å²) in [6.07, 6.45) is 4.43. The molecule has 2 N–H and O–H groups in total. The van der Waals surface area contributed by atoms with Gasteiger partial charge in [-0.3, -0.25) is 9.48 Å². The summed E-state index contributed by atoms with van der Waals surface area (Å²) in [5.41, 5.74) is 1.66. The molecule has 1 atom stereocenters. The van der Waals surface area contributed by atoms with Crippen LogP contribution in [0, 0.1) is 5.92 Å². The lowest BCUT2D eigenvalue weighted by Gasteiger charge is -2.33. The lowest BCUT2D eigenvalue weighted by Crippen LogP contribution is -2.56. The van der Waals surface area contributed by atoms with Gasteiger partial charge in [-0.05, 0) is 43.4 Å². The number of alkyl halides is 4. The summed E-state index contributed by atoms with van der Waals surface area (Å²) in [5.74, 6) is -6.45. The molecule has 3 amide bonds. The van der Waals surface area contributed by atoms with E-state index in [-0.39, 0.29) is 38.1 Å². The van der Waals surface area contributed by atoms with Crippen LogP contribution in [-0.4, -0.2) is 66.2 Å². The van der Waals surface area contributed by atoms with Gasteiger partial charge in [-0.25, -0.2) is 31.9 Å². The molecule has 0 radical (unpaired) electrons. The van der Waals surface area contributed by atoms with Crippen molar-refractivity contribution in [1.29, 1.82) is 0 Å². The van der Waals surface area contributed by atoms with Crippen molar-refractivity contribution in [3.8, 4) is 0 Å². The van der Waals surface area contributed by atoms with Crippen molar-refractivity contribution in [2.75, 3.05) is 13.1 Å². The van der Waals surface area contributed by atoms with Gasteiger partial charge in [0.2, 0.25) is 5.92 Å². The van der Waals surface area contributed by atoms with Crippen LogP contribution in [0.5, 0.6) is 0 Å². The van der Waals surface area contributed by atoms with Crippen LogP contribution in [0.15, 0.2) is 30.7 Å². The molecule has 1 saturated heterocycles. The molecule has 1 aliphatic carbocycles. The molecule has 0 bridgehead atoms. The molecule has 204 valence electrons. The van der Waals surface area contributed by atoms with Gasteiger partial charge in [-0.15, -0.1) is 0 Å². The Morgan fingerprint density at radius 3 is 2.71 bits per heavy atom. The molecule has 3 aromatic rings. The Kier molecular flexibility index (Phi) is 6.73. The molecule has 1 saturated carbocycles. The normalized spacial score (nSPS) is 20.3. The fourth-order valence-electron chi connectivity index (χ4n) is 5.06. The standard InChI is InChI=1S/C24H28F4N8O2/c1-2-35-18(5-8-30-35)21(37)33-20(16-3-6-23(25,26)7-4-16)17-12-36-19(32-17)9-15(10-31-36)11-34-14-24(27,28)13-29-22(34)38/h5,8-10,12,16,20H,2-4,6-7,11,13-14H2,1H3,(H,29,38)(H,33,37). The third-order valence-corrected chi connectivity index (χ3v) is 7.06. The van der Waals surface area contributed by atoms with Crippen molar-refractivity contribution in [3.05, 3.63) is 47.7 Å². The largest absolute Gasteiger partial charge is 0.342 e. The number of aromatic nitrogens is 5. The molecule has 4 heterocycles. The van der Waals surface area contributed by atoms with Crippen LogP contribution in [0.3, 0.4) is 0 Å². The van der Waals surface area contributed by atoms with Gasteiger partial charge in [-0.2, -0.15) is 10.2 Å². The number of hydrogen-bond acceptors (Lipinski definition) is 5. The van der Waals surface area contributed by atoms with Gasteiger partial charge < -0.3 is 15.5 Å². The molecule has 2 fully saturated rings. The van der Waals surface area contributed by atoms with Crippen molar-refractivity contribution >= 4 is 17.6 Å². The number of amides is 3. The fraction of sp³-hybridized carbons (Fsp3) is 0.542. The quantitative estimate of drug-likeness (QED) is 0.450. The number of nitrogens with zero attached hydrogens (tertiary/aromatic N) is 6. The molecule has 14 heteroatoms. The summed E-state index contributed by atoms with van der Waals surface area (Å²) in [5, 5.41) is 13.6. The second kappa shape index (κ2) is 9.87. The second-order valence-corrected chi connectivity index (χ2v) is 9.88. The Labute approximate surface area is 215 Å². The fourth-order valence-corrected chi connectivity index (χ4v) is 5.06. The monoisotopic (exact) mass is 536 g/mol. The molecule has 1 aliphatic heterocycles. The van der Waals surface area contributed by atoms with Crippen molar-refractivity contribution in [1.82, 2.24) is 39.9 Å². The summed E-state index contributed by atoms with van der Waals surface area (Å²) in [4.78, 5) is 30.8. The van der Waals surface area contributed by atoms with E-state index in [1.165, 1.54) is 16.9 Å². The Bertz CT molecular complexity index is 1330. The highest BCUT2D eigenvalue weighted by molar-refractivity contribution is 5.92. The first-order chi connectivity index (χ1) is 18.0. The first-order valence-electron chi connectivity index (χ1n) is 12.5. The summed E-state index contributed by atoms with van der Waals surface area (Å²) in [6.45, 7) is 0.829. The molecule has 10 nitrogen and oxygen atoms in total. The maximum atomic E-state index is 13.9. The SMILES string of the molecule is CCn1nccc1C(=O)NC(c1cn2ncc(CN3CC(F)(F)CNC3=O)cc2n1)C1CCC(F)(F)CC1. The lowest BCUT2D eigenvalue weighted by atomic mass is 9.81. The number of aryl methyl sites for hydroxylation is 1. The third kappa shape index (κ3) is 5.43. The average molecular weight is 537 g/mol. The summed E-state index contributed by atoms with van der Waals surface area (Å²) in [7, 11) is 0. The van der Waals surface area contributed by atoms with Crippen LogP contribution < -0.4 is 10.6 Å². The number of rotatable bonds is 7. The van der Waals surface area contributed by atoms with E-state index < -0.39 is 42.9 Å². The van der Waals surface area contributed by atoms with Crippen LogP contribution in [0.2, 0.25) is 0 Å². The van der Waals surface area contributed by atoms with E-state index in [4.69, 9.17) is 0 Å². The first-order valence-corrected chi connectivity index (χ1v) is 12.5. The summed E-state index contributed by atoms with van der Waals surface area (Å²) in [6, 6.07) is 1.96. The number of carbonyl (C=O) groups is 2. The van der Waals surface area contributed by atoms with Crippen LogP contribution in [-0.2, 0) is 13.1 Å². The van der Waals surface area contributed by atoms with Crippen LogP contribution >= 0.6 is 0 Å². The smallest absolute Gasteiger partial charge is 0.318 e. The number of nitrogens with one attached hydrogen (secondary N) is 2. The Balaban J connectivity index is 1.41. The Morgan fingerprint density at radius 1 is 1.21 bits per heavy atom. The van der Waals surface area contributed by atoms with Gasteiger partial charge in [0.1, 0.15) is 5.69 Å². The van der Waals surface area contributed by atoms with Crippen molar-refractivity contribution in [3.63, 3.8) is 0 Å². The van der Waals surface area contributed by atoms with E-state index >= 15 is 0 Å². The molecular weight excluding hydrogens is 508 g/mol. The highest BCUT2D eigenvalue weighted by atomic mass is 19.3. The molecule has 2 aliphatic rings. The van der Waals surface area contributed by atoms with Crippen LogP contribution in [0.1, 0.15) is 60.4 Å². The second-order valence-electron chi connectivity index (χ2n) is 9.88. The maximum absolute atomic E-state index is 13.9. The van der Waals surface area contributed by atoms with Crippen molar-refractivity contribution in [2.45, 2.75) is 63.6 Å². The van der Waals surface area contributed by atoms with Gasteiger partial charge in [0.05, 0.1) is 37.2 Å². The number of hydrogen-bond donors (Lipinski definition) is 2. The minimum absolute atomic E-state index is 0.0913. The molecule has 3 aromatic heterocycles. The van der Waals surface area contributed by atoms with Crippen molar-refractivity contribution in [2.24, 2.45) is 5.92 Å². The zero-order valence-corrected chi connectivity index (χ0v) is 20.7. The minimum Gasteiger partial charge on any atom is -0.342 e. The van der Waals surface area contributed by atoms with E-state index in [1.807, 2.05) is 6.92 Å². The predicted molar refractivity (Wildman–Crippen MR) is 127 cm³/mol. The van der Waals surface area contributed by atoms with Crippen molar-refractivity contribution < 1.29 is 27.2 Å². The van der Waals surface area contributed by atoms with Crippen LogP contribution in [0.25, 0.3) is 5.65 Å². The maximum Gasteiger partial charge on any atom is 0.318 e. The zero-order chi connectivity index (χ0) is 27.1. The van der Waals surface area contributed by atoms with Crippen LogP contribution in [0.4, 0.5) is 22.4 Å². The number of imidazole rings is 1. The minimum atomic E-state index is -3.04. The molecular formula is C24H28F4N8O2. The van der Waals surface area contributed by atoms with Gasteiger partial charge in [0.25, 0.3) is 11.8 Å². The van der Waals surface area contributed by atoms with Gasteiger partial charge in [0.15, 0.2) is 5.65 Å². The van der Waals surface area contributed by atoms with E-state index in [2.05, 4.69) is 25.8 Å². The molecule has 5 rings (SSSR count). The summed E-state index contributed by atoms with van der Waals surface area (Å²) < 4.78 is 58.4. The number of fused-ring (bicyclic) bond motifs is 1. The van der Waals surface area contributed by atoms with E-state index in [1.54, 1.807) is 23.0 Å². The topological polar surface area (TPSA) is 109 Å². The average Bonchev–Trinajstić information content (AvgIpc) is 3.51. The molecule has 38 heavy (non-hydrogen) atoms. The first kappa shape index (κ1) is 25.9. The van der Waals surface area contributed by atoms with E-state index in [0.717, 1.165) is 4.90 Å². The third-order valence-electron chi connectivity index (χ3n) is 7.06. The summed E-state index contributed by atoms with van der Waals surface area (Å²) >= 11 is 0. The number of carbonyl (C=O) groups excluding carboxylic acids is 2. The molecule has 0 aromatic carbocycles. The predicted octanol–water partition coefficient (Wildman–Crippen LogP) is 3.40. The van der Waals surface area contributed by atoms with E-state index in [0.29, 0.717) is 29.1 Å². The number of urea groups is 1. The van der Waals surface area contributed by atoms with Gasteiger partial charge in [0, 0.05) is 32.1 Å². The van der Waals surface area contributed by atoms with Gasteiger partial charge in [-0.1, -0.05) is 0 Å². The molecule has 0 spiro atoms. The number of halogens is 4. The Morgan fingerprint density at radius 2 is 1.97 bits per heavy atom. The van der Waals surface area contributed by atoms with Gasteiger partial charge >= 0.3 is 6.03 Å². The highest BCUT2D eigenvalue weighted by Gasteiger charge is 2.40. The highest BCUT2D eigenvalue weighted by Crippen LogP contribution is 2.41. The molecule has 1 unspecified atom stereocenters. The Hall–Kier alpha value is -3.71. The van der Waals surface area contributed by atoms with E-state index in [9.17, 15) is 27.2 Å². The zero-order valence-electron chi connectivity index (χ0n) is 20.7. The lowest BCUT2D eigenvalue weighted by molar-refractivity contribution is -0.0495.